The summed E-state index contributed by atoms with van der Waals surface area (Å²) in [7, 11) is 0. The SMILES string of the molecule is Cl.Cl.NCc1cncc(Br)c1Cl. The number of hydrogen-bond donors (Lipinski definition) is 1. The largest absolute Gasteiger partial charge is 0.326 e. The highest BCUT2D eigenvalue weighted by molar-refractivity contribution is 9.10. The van der Waals surface area contributed by atoms with Crippen molar-refractivity contribution in [2.75, 3.05) is 0 Å². The molecule has 0 aromatic carbocycles. The van der Waals surface area contributed by atoms with E-state index in [1.165, 1.54) is 0 Å². The van der Waals surface area contributed by atoms with Crippen molar-refractivity contribution in [1.82, 2.24) is 4.98 Å². The van der Waals surface area contributed by atoms with Gasteiger partial charge in [0.25, 0.3) is 0 Å². The van der Waals surface area contributed by atoms with Crippen molar-refractivity contribution < 1.29 is 0 Å². The van der Waals surface area contributed by atoms with Crippen LogP contribution in [0.25, 0.3) is 0 Å². The second-order valence-electron chi connectivity index (χ2n) is 1.80. The maximum absolute atomic E-state index is 5.83. The Morgan fingerprint density at radius 2 is 2.00 bits per heavy atom. The lowest BCUT2D eigenvalue weighted by molar-refractivity contribution is 1.04. The van der Waals surface area contributed by atoms with E-state index in [-0.39, 0.29) is 24.8 Å². The summed E-state index contributed by atoms with van der Waals surface area (Å²) >= 11 is 9.06. The van der Waals surface area contributed by atoms with Crippen LogP contribution in [0.3, 0.4) is 0 Å². The first-order valence-electron chi connectivity index (χ1n) is 2.73. The number of rotatable bonds is 1. The van der Waals surface area contributed by atoms with Gasteiger partial charge < -0.3 is 5.73 Å². The smallest absolute Gasteiger partial charge is 0.0623 e. The van der Waals surface area contributed by atoms with Crippen LogP contribution in [0.5, 0.6) is 0 Å². The molecule has 1 aromatic rings. The number of nitrogens with zero attached hydrogens (tertiary/aromatic N) is 1. The normalized spacial score (nSPS) is 8.25. The Kier molecular flexibility index (Phi) is 8.63. The Hall–Kier alpha value is 0.460. The minimum atomic E-state index is 0. The van der Waals surface area contributed by atoms with Crippen molar-refractivity contribution in [2.45, 2.75) is 6.54 Å². The van der Waals surface area contributed by atoms with Gasteiger partial charge in [-0.25, -0.2) is 0 Å². The molecule has 2 N–H and O–H groups in total. The predicted octanol–water partition coefficient (Wildman–Crippen LogP) is 2.80. The van der Waals surface area contributed by atoms with Gasteiger partial charge in [-0.2, -0.15) is 0 Å². The van der Waals surface area contributed by atoms with E-state index in [0.717, 1.165) is 10.0 Å². The number of hydrogen-bond acceptors (Lipinski definition) is 2. The summed E-state index contributed by atoms with van der Waals surface area (Å²) in [6, 6.07) is 0. The molecule has 70 valence electrons. The molecular weight excluding hydrogens is 286 g/mol. The van der Waals surface area contributed by atoms with E-state index in [4.69, 9.17) is 17.3 Å². The molecule has 12 heavy (non-hydrogen) atoms. The van der Waals surface area contributed by atoms with Gasteiger partial charge in [0.1, 0.15) is 0 Å². The van der Waals surface area contributed by atoms with Crippen LogP contribution >= 0.6 is 52.3 Å². The van der Waals surface area contributed by atoms with Crippen molar-refractivity contribution in [2.24, 2.45) is 5.73 Å². The van der Waals surface area contributed by atoms with E-state index >= 15 is 0 Å². The van der Waals surface area contributed by atoms with Crippen LogP contribution in [0, 0.1) is 0 Å². The average molecular weight is 294 g/mol. The molecule has 0 amide bonds. The molecule has 0 saturated heterocycles. The fraction of sp³-hybridized carbons (Fsp3) is 0.167. The standard InChI is InChI=1S/C6H6BrClN2.2ClH/c7-5-3-10-2-4(1-9)6(5)8;;/h2-3H,1,9H2;2*1H. The molecule has 0 aliphatic rings. The second kappa shape index (κ2) is 6.92. The lowest BCUT2D eigenvalue weighted by Crippen LogP contribution is -1.97. The molecule has 0 spiro atoms. The van der Waals surface area contributed by atoms with Gasteiger partial charge in [0.05, 0.1) is 9.50 Å². The zero-order valence-corrected chi connectivity index (χ0v) is 9.93. The van der Waals surface area contributed by atoms with Crippen molar-refractivity contribution in [1.29, 1.82) is 0 Å². The molecular formula is C6H8BrCl3N2. The number of aromatic nitrogens is 1. The van der Waals surface area contributed by atoms with E-state index in [1.54, 1.807) is 12.4 Å². The highest BCUT2D eigenvalue weighted by atomic mass is 79.9. The monoisotopic (exact) mass is 292 g/mol. The third kappa shape index (κ3) is 3.46. The van der Waals surface area contributed by atoms with Crippen molar-refractivity contribution in [3.05, 3.63) is 27.5 Å². The zero-order chi connectivity index (χ0) is 7.56. The van der Waals surface area contributed by atoms with Crippen LogP contribution in [-0.4, -0.2) is 4.98 Å². The minimum Gasteiger partial charge on any atom is -0.326 e. The molecule has 0 aliphatic carbocycles. The summed E-state index contributed by atoms with van der Waals surface area (Å²) in [5.41, 5.74) is 6.23. The molecule has 1 rings (SSSR count). The van der Waals surface area contributed by atoms with E-state index in [0.29, 0.717) is 11.6 Å². The first-order chi connectivity index (χ1) is 4.75. The number of halogens is 4. The second-order valence-corrected chi connectivity index (χ2v) is 3.03. The van der Waals surface area contributed by atoms with Crippen LogP contribution in [0.1, 0.15) is 5.56 Å². The Bertz CT molecular complexity index is 244. The van der Waals surface area contributed by atoms with Crippen LogP contribution in [0.4, 0.5) is 0 Å². The van der Waals surface area contributed by atoms with E-state index in [2.05, 4.69) is 20.9 Å². The van der Waals surface area contributed by atoms with Crippen molar-refractivity contribution in [3.8, 4) is 0 Å². The fourth-order valence-corrected chi connectivity index (χ4v) is 1.15. The lowest BCUT2D eigenvalue weighted by Gasteiger charge is -1.99. The molecule has 0 bridgehead atoms. The first kappa shape index (κ1) is 15.0. The van der Waals surface area contributed by atoms with E-state index in [1.807, 2.05) is 0 Å². The molecule has 1 aromatic heterocycles. The summed E-state index contributed by atoms with van der Waals surface area (Å²) < 4.78 is 0.789. The van der Waals surface area contributed by atoms with Crippen LogP contribution in [0.2, 0.25) is 5.02 Å². The summed E-state index contributed by atoms with van der Waals surface area (Å²) in [5.74, 6) is 0. The van der Waals surface area contributed by atoms with Crippen molar-refractivity contribution >= 4 is 52.3 Å². The third-order valence-corrected chi connectivity index (χ3v) is 2.41. The highest BCUT2D eigenvalue weighted by Crippen LogP contribution is 2.23. The molecule has 6 heteroatoms. The van der Waals surface area contributed by atoms with E-state index < -0.39 is 0 Å². The zero-order valence-electron chi connectivity index (χ0n) is 5.96. The number of nitrogens with two attached hydrogens (primary N) is 1. The summed E-state index contributed by atoms with van der Waals surface area (Å²) in [6.07, 6.45) is 3.30. The van der Waals surface area contributed by atoms with Gasteiger partial charge in [-0.15, -0.1) is 24.8 Å². The Balaban J connectivity index is 0. The number of pyridine rings is 1. The molecule has 1 heterocycles. The molecule has 0 aliphatic heterocycles. The van der Waals surface area contributed by atoms with Crippen molar-refractivity contribution in [3.63, 3.8) is 0 Å². The van der Waals surface area contributed by atoms with Gasteiger partial charge in [-0.05, 0) is 15.9 Å². The molecule has 0 saturated carbocycles. The lowest BCUT2D eigenvalue weighted by atomic mass is 10.3. The molecule has 0 unspecified atom stereocenters. The first-order valence-corrected chi connectivity index (χ1v) is 3.90. The van der Waals surface area contributed by atoms with Crippen LogP contribution < -0.4 is 5.73 Å². The van der Waals surface area contributed by atoms with Crippen LogP contribution in [-0.2, 0) is 6.54 Å². The van der Waals surface area contributed by atoms with E-state index in [9.17, 15) is 0 Å². The topological polar surface area (TPSA) is 38.9 Å². The molecule has 2 nitrogen and oxygen atoms in total. The van der Waals surface area contributed by atoms with Gasteiger partial charge in [-0.1, -0.05) is 11.6 Å². The summed E-state index contributed by atoms with van der Waals surface area (Å²) in [4.78, 5) is 3.90. The van der Waals surface area contributed by atoms with Gasteiger partial charge >= 0.3 is 0 Å². The van der Waals surface area contributed by atoms with Gasteiger partial charge in [-0.3, -0.25) is 4.98 Å². The summed E-state index contributed by atoms with van der Waals surface area (Å²) in [6.45, 7) is 0.422. The molecule has 0 radical (unpaired) electrons. The Morgan fingerprint density at radius 3 is 2.42 bits per heavy atom. The average Bonchev–Trinajstić information content (AvgIpc) is 1.95. The minimum absolute atomic E-state index is 0. The molecule has 0 atom stereocenters. The fourth-order valence-electron chi connectivity index (χ4n) is 0.602. The summed E-state index contributed by atoms with van der Waals surface area (Å²) in [5, 5.41) is 0.650. The van der Waals surface area contributed by atoms with Gasteiger partial charge in [0.15, 0.2) is 0 Å². The quantitative estimate of drug-likeness (QED) is 0.865. The maximum Gasteiger partial charge on any atom is 0.0623 e. The Morgan fingerprint density at radius 1 is 1.42 bits per heavy atom. The highest BCUT2D eigenvalue weighted by Gasteiger charge is 2.01. The Labute approximate surface area is 96.8 Å². The maximum atomic E-state index is 5.83. The van der Waals surface area contributed by atoms with Gasteiger partial charge in [0.2, 0.25) is 0 Å². The van der Waals surface area contributed by atoms with Crippen LogP contribution in [0.15, 0.2) is 16.9 Å². The third-order valence-electron chi connectivity index (χ3n) is 1.13. The molecule has 0 fully saturated rings. The van der Waals surface area contributed by atoms with Gasteiger partial charge in [0, 0.05) is 24.5 Å². The predicted molar refractivity (Wildman–Crippen MR) is 59.3 cm³/mol.